The Hall–Kier alpha value is -2.82. The fourth-order valence-electron chi connectivity index (χ4n) is 4.16. The molecular formula is C25H31N3O2. The van der Waals surface area contributed by atoms with Crippen molar-refractivity contribution in [1.29, 1.82) is 0 Å². The van der Waals surface area contributed by atoms with Gasteiger partial charge in [-0.1, -0.05) is 18.6 Å². The van der Waals surface area contributed by atoms with E-state index < -0.39 is 0 Å². The lowest BCUT2D eigenvalue weighted by molar-refractivity contribution is -0.122. The van der Waals surface area contributed by atoms with E-state index in [-0.39, 0.29) is 17.6 Å². The zero-order chi connectivity index (χ0) is 21.3. The number of nitrogens with zero attached hydrogens (tertiary/aromatic N) is 3. The highest BCUT2D eigenvalue weighted by Gasteiger charge is 2.28. The van der Waals surface area contributed by atoms with E-state index in [0.29, 0.717) is 5.78 Å². The number of rotatable bonds is 3. The van der Waals surface area contributed by atoms with Crippen LogP contribution in [0.3, 0.4) is 0 Å². The van der Waals surface area contributed by atoms with Crippen molar-refractivity contribution in [2.75, 3.05) is 14.1 Å². The van der Waals surface area contributed by atoms with Gasteiger partial charge in [0.2, 0.25) is 0 Å². The Labute approximate surface area is 179 Å². The van der Waals surface area contributed by atoms with Crippen LogP contribution in [0, 0.1) is 0 Å². The third-order valence-corrected chi connectivity index (χ3v) is 5.63. The van der Waals surface area contributed by atoms with Gasteiger partial charge >= 0.3 is 0 Å². The standard InChI is InChI=1S/C14H18N2O.C11H13NO/c1-16(2)10-11-6-5-7-12(14(11)17)13-8-3-4-9-15-13;13-11-7-2-1-5-9(11)10-6-3-4-8-12-10/h3-4,8-10,12H,5-7H2,1-2H3;3-4,6,8-9H,1-2,5,7H2/b11-10-;. The molecule has 2 aromatic heterocycles. The lowest BCUT2D eigenvalue weighted by atomic mass is 9.82. The van der Waals surface area contributed by atoms with E-state index in [1.165, 1.54) is 0 Å². The minimum Gasteiger partial charge on any atom is -0.383 e. The zero-order valence-electron chi connectivity index (χ0n) is 18.0. The Morgan fingerprint density at radius 2 is 1.47 bits per heavy atom. The normalized spacial score (nSPS) is 22.9. The summed E-state index contributed by atoms with van der Waals surface area (Å²) in [5.74, 6) is 0.639. The van der Waals surface area contributed by atoms with Gasteiger partial charge in [-0.3, -0.25) is 19.6 Å². The average Bonchev–Trinajstić information content (AvgIpc) is 2.77. The highest BCUT2D eigenvalue weighted by atomic mass is 16.1. The van der Waals surface area contributed by atoms with Crippen molar-refractivity contribution in [3.05, 3.63) is 72.0 Å². The molecule has 0 N–H and O–H groups in total. The number of carbonyl (C=O) groups excluding carboxylic acids is 2. The van der Waals surface area contributed by atoms with Crippen molar-refractivity contribution in [2.24, 2.45) is 0 Å². The topological polar surface area (TPSA) is 63.2 Å². The maximum absolute atomic E-state index is 12.3. The van der Waals surface area contributed by atoms with Crippen molar-refractivity contribution in [2.45, 2.75) is 56.8 Å². The van der Waals surface area contributed by atoms with Crippen LogP contribution in [0.4, 0.5) is 0 Å². The van der Waals surface area contributed by atoms with E-state index in [4.69, 9.17) is 0 Å². The smallest absolute Gasteiger partial charge is 0.169 e. The second kappa shape index (κ2) is 10.8. The molecule has 5 heteroatoms. The summed E-state index contributed by atoms with van der Waals surface area (Å²) in [6.45, 7) is 0. The Morgan fingerprint density at radius 3 is 2.03 bits per heavy atom. The first-order valence-corrected chi connectivity index (χ1v) is 10.8. The predicted octanol–water partition coefficient (Wildman–Crippen LogP) is 4.67. The third-order valence-electron chi connectivity index (χ3n) is 5.63. The molecule has 2 saturated carbocycles. The maximum atomic E-state index is 12.3. The molecule has 2 atom stereocenters. The highest BCUT2D eigenvalue weighted by molar-refractivity contribution is 6.00. The molecule has 2 aromatic rings. The predicted molar refractivity (Wildman–Crippen MR) is 118 cm³/mol. The lowest BCUT2D eigenvalue weighted by Gasteiger charge is -2.23. The van der Waals surface area contributed by atoms with Gasteiger partial charge in [-0.05, 0) is 56.4 Å². The van der Waals surface area contributed by atoms with Crippen molar-refractivity contribution in [3.8, 4) is 0 Å². The largest absolute Gasteiger partial charge is 0.383 e. The summed E-state index contributed by atoms with van der Waals surface area (Å²) >= 11 is 0. The monoisotopic (exact) mass is 405 g/mol. The molecule has 2 aliphatic rings. The molecule has 0 aromatic carbocycles. The van der Waals surface area contributed by atoms with E-state index in [0.717, 1.165) is 61.9 Å². The van der Waals surface area contributed by atoms with E-state index in [1.807, 2.05) is 61.6 Å². The zero-order valence-corrected chi connectivity index (χ0v) is 18.0. The van der Waals surface area contributed by atoms with Crippen LogP contribution in [0.1, 0.15) is 68.2 Å². The average molecular weight is 406 g/mol. The van der Waals surface area contributed by atoms with Crippen molar-refractivity contribution >= 4 is 11.6 Å². The fraction of sp³-hybridized carbons (Fsp3) is 0.440. The molecule has 2 heterocycles. The van der Waals surface area contributed by atoms with Gasteiger partial charge in [-0.15, -0.1) is 0 Å². The Kier molecular flexibility index (Phi) is 7.89. The van der Waals surface area contributed by atoms with Gasteiger partial charge in [-0.25, -0.2) is 0 Å². The van der Waals surface area contributed by atoms with E-state index in [9.17, 15) is 9.59 Å². The van der Waals surface area contributed by atoms with Crippen molar-refractivity contribution in [1.82, 2.24) is 14.9 Å². The Balaban J connectivity index is 0.000000177. The van der Waals surface area contributed by atoms with Crippen LogP contribution in [0.5, 0.6) is 0 Å². The molecule has 0 aliphatic heterocycles. The van der Waals surface area contributed by atoms with Crippen LogP contribution in [-0.2, 0) is 9.59 Å². The number of carbonyl (C=O) groups is 2. The molecule has 0 radical (unpaired) electrons. The summed E-state index contributed by atoms with van der Waals surface area (Å²) in [5, 5.41) is 0. The van der Waals surface area contributed by atoms with Gasteiger partial charge in [-0.2, -0.15) is 0 Å². The van der Waals surface area contributed by atoms with Gasteiger partial charge in [0.15, 0.2) is 5.78 Å². The summed E-state index contributed by atoms with van der Waals surface area (Å²) < 4.78 is 0. The van der Waals surface area contributed by atoms with E-state index in [2.05, 4.69) is 9.97 Å². The van der Waals surface area contributed by atoms with E-state index in [1.54, 1.807) is 12.4 Å². The molecule has 0 amide bonds. The summed E-state index contributed by atoms with van der Waals surface area (Å²) in [5.41, 5.74) is 2.78. The van der Waals surface area contributed by atoms with Crippen LogP contribution >= 0.6 is 0 Å². The number of hydrogen-bond donors (Lipinski definition) is 0. The number of pyridine rings is 2. The highest BCUT2D eigenvalue weighted by Crippen LogP contribution is 2.32. The van der Waals surface area contributed by atoms with Gasteiger partial charge in [0, 0.05) is 44.7 Å². The van der Waals surface area contributed by atoms with Crippen LogP contribution in [0.2, 0.25) is 0 Å². The van der Waals surface area contributed by atoms with Crippen molar-refractivity contribution < 1.29 is 9.59 Å². The lowest BCUT2D eigenvalue weighted by Crippen LogP contribution is -2.22. The number of aromatic nitrogens is 2. The molecule has 0 saturated heterocycles. The molecule has 2 aliphatic carbocycles. The van der Waals surface area contributed by atoms with Crippen LogP contribution in [0.25, 0.3) is 0 Å². The SMILES string of the molecule is CN(C)/C=C1/CCCC(c2ccccn2)C1=O.O=C1CCCCC1c1ccccn1. The number of hydrogen-bond acceptors (Lipinski definition) is 5. The summed E-state index contributed by atoms with van der Waals surface area (Å²) in [6.07, 6.45) is 12.3. The first-order valence-electron chi connectivity index (χ1n) is 10.8. The minimum atomic E-state index is -0.0452. The molecular weight excluding hydrogens is 374 g/mol. The second-order valence-corrected chi connectivity index (χ2v) is 8.20. The van der Waals surface area contributed by atoms with Gasteiger partial charge in [0.05, 0.1) is 23.2 Å². The molecule has 5 nitrogen and oxygen atoms in total. The summed E-state index contributed by atoms with van der Waals surface area (Å²) in [4.78, 5) is 34.4. The summed E-state index contributed by atoms with van der Waals surface area (Å²) in [7, 11) is 3.90. The van der Waals surface area contributed by atoms with Crippen molar-refractivity contribution in [3.63, 3.8) is 0 Å². The molecule has 2 fully saturated rings. The van der Waals surface area contributed by atoms with Crippen LogP contribution in [-0.4, -0.2) is 40.5 Å². The molecule has 158 valence electrons. The Bertz CT molecular complexity index is 862. The van der Waals surface area contributed by atoms with Gasteiger partial charge in [0.25, 0.3) is 0 Å². The van der Waals surface area contributed by atoms with E-state index >= 15 is 0 Å². The van der Waals surface area contributed by atoms with Crippen LogP contribution < -0.4 is 0 Å². The minimum absolute atomic E-state index is 0.0452. The Morgan fingerprint density at radius 1 is 0.833 bits per heavy atom. The fourth-order valence-corrected chi connectivity index (χ4v) is 4.16. The van der Waals surface area contributed by atoms with Gasteiger partial charge in [0.1, 0.15) is 5.78 Å². The molecule has 2 unspecified atom stereocenters. The number of Topliss-reactive ketones (excluding diaryl/α,β-unsaturated/α-hetero) is 2. The number of ketones is 2. The molecule has 0 bridgehead atoms. The maximum Gasteiger partial charge on any atom is 0.169 e. The summed E-state index contributed by atoms with van der Waals surface area (Å²) in [6, 6.07) is 11.6. The quantitative estimate of drug-likeness (QED) is 0.694. The third kappa shape index (κ3) is 5.85. The first-order chi connectivity index (χ1) is 14.6. The molecule has 30 heavy (non-hydrogen) atoms. The molecule has 0 spiro atoms. The second-order valence-electron chi connectivity index (χ2n) is 8.20. The number of allylic oxidation sites excluding steroid dienone is 1. The van der Waals surface area contributed by atoms with Gasteiger partial charge < -0.3 is 4.90 Å². The molecule has 4 rings (SSSR count). The first kappa shape index (κ1) is 21.9. The van der Waals surface area contributed by atoms with Crippen LogP contribution in [0.15, 0.2) is 60.6 Å².